The van der Waals surface area contributed by atoms with Crippen molar-refractivity contribution in [2.24, 2.45) is 11.8 Å². The minimum absolute atomic E-state index is 0.344. The van der Waals surface area contributed by atoms with Crippen LogP contribution < -0.4 is 0 Å². The Morgan fingerprint density at radius 3 is 3.00 bits per heavy atom. The fourth-order valence-electron chi connectivity index (χ4n) is 2.17. The van der Waals surface area contributed by atoms with Crippen LogP contribution in [0.1, 0.15) is 45.4 Å². The summed E-state index contributed by atoms with van der Waals surface area (Å²) in [5, 5.41) is 0. The van der Waals surface area contributed by atoms with Gasteiger partial charge in [0.15, 0.2) is 0 Å². The normalized spacial score (nSPS) is 28.8. The first-order valence-electron chi connectivity index (χ1n) is 5.41. The first kappa shape index (κ1) is 10.5. The van der Waals surface area contributed by atoms with Gasteiger partial charge in [-0.1, -0.05) is 19.4 Å². The Kier molecular flexibility index (Phi) is 4.20. The summed E-state index contributed by atoms with van der Waals surface area (Å²) in [5.41, 5.74) is 0. The molecule has 0 aromatic heterocycles. The van der Waals surface area contributed by atoms with Crippen LogP contribution in [0.5, 0.6) is 0 Å². The van der Waals surface area contributed by atoms with E-state index in [-0.39, 0.29) is 0 Å². The largest absolute Gasteiger partial charge is 0.299 e. The van der Waals surface area contributed by atoms with Crippen LogP contribution in [-0.4, -0.2) is 5.78 Å². The molecule has 0 aromatic carbocycles. The van der Waals surface area contributed by atoms with Crippen molar-refractivity contribution in [3.8, 4) is 0 Å². The van der Waals surface area contributed by atoms with Gasteiger partial charge in [0.2, 0.25) is 0 Å². The molecule has 2 atom stereocenters. The third kappa shape index (κ3) is 2.98. The van der Waals surface area contributed by atoms with Crippen LogP contribution in [-0.2, 0) is 4.79 Å². The highest BCUT2D eigenvalue weighted by atomic mass is 16.1. The number of hydrogen-bond acceptors (Lipinski definition) is 1. The average Bonchev–Trinajstić information content (AvgIpc) is 2.17. The molecule has 0 aromatic rings. The molecule has 0 radical (unpaired) electrons. The highest BCUT2D eigenvalue weighted by molar-refractivity contribution is 5.81. The molecular formula is C12H20O. The first-order chi connectivity index (χ1) is 6.27. The van der Waals surface area contributed by atoms with Gasteiger partial charge in [-0.15, -0.1) is 6.58 Å². The van der Waals surface area contributed by atoms with E-state index in [1.54, 1.807) is 0 Å². The molecule has 1 heteroatoms. The second-order valence-electron chi connectivity index (χ2n) is 4.08. The molecule has 0 N–H and O–H groups in total. The number of ketones is 1. The smallest absolute Gasteiger partial charge is 0.136 e. The van der Waals surface area contributed by atoms with Gasteiger partial charge in [-0.3, -0.25) is 4.79 Å². The van der Waals surface area contributed by atoms with Crippen LogP contribution in [0.4, 0.5) is 0 Å². The minimum Gasteiger partial charge on any atom is -0.299 e. The van der Waals surface area contributed by atoms with Crippen molar-refractivity contribution in [2.45, 2.75) is 45.4 Å². The Bertz CT molecular complexity index is 184. The standard InChI is InChI=1S/C12H20O/c1-3-5-6-11-9-10(4-2)7-8-12(11)13/h3,10-11H,1,4-9H2,2H3. The second-order valence-corrected chi connectivity index (χ2v) is 4.08. The zero-order chi connectivity index (χ0) is 9.68. The van der Waals surface area contributed by atoms with Gasteiger partial charge < -0.3 is 0 Å². The summed E-state index contributed by atoms with van der Waals surface area (Å²) in [4.78, 5) is 11.5. The SMILES string of the molecule is C=CCCC1CC(CC)CCC1=O. The molecule has 1 saturated carbocycles. The first-order valence-corrected chi connectivity index (χ1v) is 5.41. The van der Waals surface area contributed by atoms with Crippen molar-refractivity contribution < 1.29 is 4.79 Å². The molecule has 0 bridgehead atoms. The van der Waals surface area contributed by atoms with Crippen molar-refractivity contribution >= 4 is 5.78 Å². The molecule has 13 heavy (non-hydrogen) atoms. The van der Waals surface area contributed by atoms with Gasteiger partial charge in [-0.05, 0) is 31.6 Å². The number of carbonyl (C=O) groups excluding carboxylic acids is 1. The average molecular weight is 180 g/mol. The molecule has 0 saturated heterocycles. The van der Waals surface area contributed by atoms with E-state index in [0.717, 1.165) is 38.0 Å². The molecule has 1 fully saturated rings. The number of hydrogen-bond donors (Lipinski definition) is 0. The zero-order valence-electron chi connectivity index (χ0n) is 8.59. The fourth-order valence-corrected chi connectivity index (χ4v) is 2.17. The van der Waals surface area contributed by atoms with E-state index in [2.05, 4.69) is 13.5 Å². The second kappa shape index (κ2) is 5.21. The molecule has 0 spiro atoms. The molecular weight excluding hydrogens is 160 g/mol. The van der Waals surface area contributed by atoms with Crippen LogP contribution in [0.25, 0.3) is 0 Å². The van der Waals surface area contributed by atoms with Crippen molar-refractivity contribution in [1.82, 2.24) is 0 Å². The van der Waals surface area contributed by atoms with Crippen molar-refractivity contribution in [1.29, 1.82) is 0 Å². The van der Waals surface area contributed by atoms with E-state index in [1.807, 2.05) is 6.08 Å². The van der Waals surface area contributed by atoms with Gasteiger partial charge in [-0.25, -0.2) is 0 Å². The van der Waals surface area contributed by atoms with Crippen LogP contribution >= 0.6 is 0 Å². The zero-order valence-corrected chi connectivity index (χ0v) is 8.59. The van der Waals surface area contributed by atoms with E-state index >= 15 is 0 Å². The van der Waals surface area contributed by atoms with Gasteiger partial charge in [0.05, 0.1) is 0 Å². The van der Waals surface area contributed by atoms with Crippen LogP contribution in [0.2, 0.25) is 0 Å². The summed E-state index contributed by atoms with van der Waals surface area (Å²) < 4.78 is 0. The van der Waals surface area contributed by atoms with Gasteiger partial charge in [0, 0.05) is 12.3 Å². The number of allylic oxidation sites excluding steroid dienone is 1. The Labute approximate surface area is 81.2 Å². The van der Waals surface area contributed by atoms with Crippen molar-refractivity contribution in [3.05, 3.63) is 12.7 Å². The number of carbonyl (C=O) groups is 1. The Hall–Kier alpha value is -0.590. The molecule has 2 unspecified atom stereocenters. The van der Waals surface area contributed by atoms with Gasteiger partial charge in [0.1, 0.15) is 5.78 Å². The maximum Gasteiger partial charge on any atom is 0.136 e. The lowest BCUT2D eigenvalue weighted by atomic mass is 9.77. The van der Waals surface area contributed by atoms with Crippen LogP contribution in [0.15, 0.2) is 12.7 Å². The highest BCUT2D eigenvalue weighted by Crippen LogP contribution is 2.31. The van der Waals surface area contributed by atoms with Gasteiger partial charge >= 0.3 is 0 Å². The number of Topliss-reactive ketones (excluding diaryl/α,β-unsaturated/α-hetero) is 1. The molecule has 0 aliphatic heterocycles. The van der Waals surface area contributed by atoms with E-state index in [1.165, 1.54) is 6.42 Å². The maximum absolute atomic E-state index is 11.5. The van der Waals surface area contributed by atoms with Crippen LogP contribution in [0.3, 0.4) is 0 Å². The summed E-state index contributed by atoms with van der Waals surface area (Å²) in [6.07, 6.45) is 8.25. The lowest BCUT2D eigenvalue weighted by molar-refractivity contribution is -0.125. The van der Waals surface area contributed by atoms with E-state index in [0.29, 0.717) is 11.7 Å². The lowest BCUT2D eigenvalue weighted by Crippen LogP contribution is -2.24. The van der Waals surface area contributed by atoms with E-state index in [4.69, 9.17) is 0 Å². The Morgan fingerprint density at radius 1 is 1.62 bits per heavy atom. The number of rotatable bonds is 4. The maximum atomic E-state index is 11.5. The molecule has 1 aliphatic carbocycles. The van der Waals surface area contributed by atoms with Gasteiger partial charge in [-0.2, -0.15) is 0 Å². The third-order valence-electron chi connectivity index (χ3n) is 3.17. The summed E-state index contributed by atoms with van der Waals surface area (Å²) in [6.45, 7) is 5.93. The third-order valence-corrected chi connectivity index (χ3v) is 3.17. The minimum atomic E-state index is 0.344. The highest BCUT2D eigenvalue weighted by Gasteiger charge is 2.26. The van der Waals surface area contributed by atoms with Crippen molar-refractivity contribution in [2.75, 3.05) is 0 Å². The predicted molar refractivity (Wildman–Crippen MR) is 55.6 cm³/mol. The molecule has 1 rings (SSSR count). The fraction of sp³-hybridized carbons (Fsp3) is 0.750. The van der Waals surface area contributed by atoms with E-state index < -0.39 is 0 Å². The monoisotopic (exact) mass is 180 g/mol. The molecule has 0 heterocycles. The Balaban J connectivity index is 2.40. The van der Waals surface area contributed by atoms with E-state index in [9.17, 15) is 4.79 Å². The summed E-state index contributed by atoms with van der Waals surface area (Å²) in [6, 6.07) is 0. The van der Waals surface area contributed by atoms with Gasteiger partial charge in [0.25, 0.3) is 0 Å². The molecule has 74 valence electrons. The lowest BCUT2D eigenvalue weighted by Gasteiger charge is -2.26. The molecule has 1 nitrogen and oxygen atoms in total. The molecule has 1 aliphatic rings. The van der Waals surface area contributed by atoms with Crippen LogP contribution in [0, 0.1) is 11.8 Å². The molecule has 0 amide bonds. The predicted octanol–water partition coefficient (Wildman–Crippen LogP) is 3.35. The quantitative estimate of drug-likeness (QED) is 0.606. The summed E-state index contributed by atoms with van der Waals surface area (Å²) in [7, 11) is 0. The topological polar surface area (TPSA) is 17.1 Å². The van der Waals surface area contributed by atoms with Crippen molar-refractivity contribution in [3.63, 3.8) is 0 Å². The Morgan fingerprint density at radius 2 is 2.38 bits per heavy atom. The summed E-state index contributed by atoms with van der Waals surface area (Å²) in [5.74, 6) is 1.63. The summed E-state index contributed by atoms with van der Waals surface area (Å²) >= 11 is 0.